The van der Waals surface area contributed by atoms with Gasteiger partial charge >= 0.3 is 0 Å². The van der Waals surface area contributed by atoms with Gasteiger partial charge in [-0.2, -0.15) is 0 Å². The molecule has 0 saturated carbocycles. The van der Waals surface area contributed by atoms with Crippen molar-refractivity contribution in [3.05, 3.63) is 52.7 Å². The Bertz CT molecular complexity index is 883. The highest BCUT2D eigenvalue weighted by Crippen LogP contribution is 2.32. The summed E-state index contributed by atoms with van der Waals surface area (Å²) in [5.41, 5.74) is 6.50. The molecule has 5 heteroatoms. The van der Waals surface area contributed by atoms with Crippen LogP contribution in [0.1, 0.15) is 0 Å². The molecule has 0 fully saturated rings. The van der Waals surface area contributed by atoms with E-state index in [-0.39, 0.29) is 11.1 Å². The van der Waals surface area contributed by atoms with Crippen LogP contribution < -0.4 is 15.9 Å². The molecule has 0 saturated heterocycles. The molecule has 0 aliphatic heterocycles. The molecule has 1 heterocycles. The molecule has 0 atom stereocenters. The number of rotatable bonds is 2. The number of methoxy groups -OCH3 is 1. The Morgan fingerprint density at radius 3 is 2.76 bits per heavy atom. The highest BCUT2D eigenvalue weighted by Gasteiger charge is 2.15. The van der Waals surface area contributed by atoms with Crippen molar-refractivity contribution in [1.82, 2.24) is 0 Å². The fraction of sp³-hybridized carbons (Fsp3) is 0.0625. The van der Waals surface area contributed by atoms with Gasteiger partial charge in [0.1, 0.15) is 11.3 Å². The van der Waals surface area contributed by atoms with Crippen LogP contribution in [-0.2, 0) is 0 Å². The van der Waals surface area contributed by atoms with Crippen LogP contribution in [0.15, 0.2) is 51.7 Å². The molecule has 0 amide bonds. The van der Waals surface area contributed by atoms with Gasteiger partial charge in [-0.1, -0.05) is 12.1 Å². The van der Waals surface area contributed by atoms with E-state index in [0.717, 1.165) is 0 Å². The number of ether oxygens (including phenoxy) is 1. The fourth-order valence-corrected chi connectivity index (χ4v) is 2.16. The van der Waals surface area contributed by atoms with Gasteiger partial charge < -0.3 is 20.0 Å². The second-order valence-corrected chi connectivity index (χ2v) is 4.60. The van der Waals surface area contributed by atoms with E-state index in [0.29, 0.717) is 22.6 Å². The van der Waals surface area contributed by atoms with Crippen LogP contribution in [0.4, 0.5) is 5.69 Å². The van der Waals surface area contributed by atoms with Gasteiger partial charge in [-0.25, -0.2) is 0 Å². The quantitative estimate of drug-likeness (QED) is 0.706. The molecule has 0 unspecified atom stereocenters. The number of hydrogen-bond acceptors (Lipinski definition) is 5. The zero-order valence-corrected chi connectivity index (χ0v) is 11.3. The molecular weight excluding hydrogens is 270 g/mol. The standard InChI is InChI=1S/C16H13NO4/c1-20-11-4-2-3-9(7-11)16-15(19)14(18)12-8-10(17)5-6-13(12)21-16/h2-8,19H,17H2,1H3. The van der Waals surface area contributed by atoms with Crippen LogP contribution in [0.5, 0.6) is 11.5 Å². The predicted molar refractivity (Wildman–Crippen MR) is 80.5 cm³/mol. The SMILES string of the molecule is COc1cccc(-c2oc3ccc(N)cc3c(=O)c2O)c1. The summed E-state index contributed by atoms with van der Waals surface area (Å²) in [5, 5.41) is 10.4. The molecule has 3 N–H and O–H groups in total. The Balaban J connectivity index is 2.30. The molecule has 0 spiro atoms. The number of aromatic hydroxyl groups is 1. The molecule has 0 radical (unpaired) electrons. The van der Waals surface area contributed by atoms with Crippen molar-refractivity contribution < 1.29 is 14.3 Å². The van der Waals surface area contributed by atoms with Crippen molar-refractivity contribution in [2.45, 2.75) is 0 Å². The molecule has 0 bridgehead atoms. The van der Waals surface area contributed by atoms with Gasteiger partial charge in [-0.05, 0) is 30.3 Å². The van der Waals surface area contributed by atoms with Gasteiger partial charge in [0.25, 0.3) is 0 Å². The van der Waals surface area contributed by atoms with Gasteiger partial charge in [0.05, 0.1) is 12.5 Å². The molecule has 3 rings (SSSR count). The van der Waals surface area contributed by atoms with E-state index in [1.54, 1.807) is 36.4 Å². The van der Waals surface area contributed by atoms with Crippen molar-refractivity contribution in [3.8, 4) is 22.8 Å². The maximum Gasteiger partial charge on any atom is 0.235 e. The van der Waals surface area contributed by atoms with E-state index in [1.807, 2.05) is 0 Å². The smallest absolute Gasteiger partial charge is 0.235 e. The average molecular weight is 283 g/mol. The molecule has 5 nitrogen and oxygen atoms in total. The van der Waals surface area contributed by atoms with Crippen molar-refractivity contribution in [1.29, 1.82) is 0 Å². The first-order valence-corrected chi connectivity index (χ1v) is 6.30. The third kappa shape index (κ3) is 2.18. The third-order valence-electron chi connectivity index (χ3n) is 3.22. The summed E-state index contributed by atoms with van der Waals surface area (Å²) in [6, 6.07) is 11.6. The lowest BCUT2D eigenvalue weighted by molar-refractivity contribution is 0.414. The molecular formula is C16H13NO4. The molecule has 21 heavy (non-hydrogen) atoms. The summed E-state index contributed by atoms with van der Waals surface area (Å²) >= 11 is 0. The maximum absolute atomic E-state index is 12.2. The Labute approximate surface area is 120 Å². The second-order valence-electron chi connectivity index (χ2n) is 4.60. The summed E-state index contributed by atoms with van der Waals surface area (Å²) in [5.74, 6) is 0.268. The van der Waals surface area contributed by atoms with E-state index in [2.05, 4.69) is 0 Å². The topological polar surface area (TPSA) is 85.7 Å². The predicted octanol–water partition coefficient (Wildman–Crippen LogP) is 2.76. The third-order valence-corrected chi connectivity index (χ3v) is 3.22. The highest BCUT2D eigenvalue weighted by atomic mass is 16.5. The number of nitrogens with two attached hydrogens (primary N) is 1. The minimum Gasteiger partial charge on any atom is -0.502 e. The number of benzene rings is 2. The van der Waals surface area contributed by atoms with E-state index in [9.17, 15) is 9.90 Å². The first-order chi connectivity index (χ1) is 10.1. The van der Waals surface area contributed by atoms with Gasteiger partial charge in [0, 0.05) is 11.3 Å². The molecule has 1 aromatic heterocycles. The van der Waals surface area contributed by atoms with E-state index >= 15 is 0 Å². The lowest BCUT2D eigenvalue weighted by Crippen LogP contribution is -2.03. The normalized spacial score (nSPS) is 10.7. The number of hydrogen-bond donors (Lipinski definition) is 2. The van der Waals surface area contributed by atoms with Crippen molar-refractivity contribution in [2.24, 2.45) is 0 Å². The summed E-state index contributed by atoms with van der Waals surface area (Å²) in [6.45, 7) is 0. The minimum atomic E-state index is -0.513. The molecule has 2 aromatic carbocycles. The monoisotopic (exact) mass is 283 g/mol. The minimum absolute atomic E-state index is 0.108. The van der Waals surface area contributed by atoms with E-state index in [1.165, 1.54) is 13.2 Å². The largest absolute Gasteiger partial charge is 0.502 e. The Hall–Kier alpha value is -2.95. The van der Waals surface area contributed by atoms with Crippen LogP contribution in [-0.4, -0.2) is 12.2 Å². The summed E-state index contributed by atoms with van der Waals surface area (Å²) in [7, 11) is 1.54. The Morgan fingerprint density at radius 1 is 1.19 bits per heavy atom. The fourth-order valence-electron chi connectivity index (χ4n) is 2.16. The summed E-state index contributed by atoms with van der Waals surface area (Å²) < 4.78 is 10.8. The zero-order valence-electron chi connectivity index (χ0n) is 11.3. The zero-order chi connectivity index (χ0) is 15.0. The molecule has 0 aliphatic carbocycles. The van der Waals surface area contributed by atoms with Crippen LogP contribution >= 0.6 is 0 Å². The molecule has 3 aromatic rings. The van der Waals surface area contributed by atoms with Crippen molar-refractivity contribution in [3.63, 3.8) is 0 Å². The summed E-state index contributed by atoms with van der Waals surface area (Å²) in [6.07, 6.45) is 0. The van der Waals surface area contributed by atoms with Crippen LogP contribution in [0.2, 0.25) is 0 Å². The van der Waals surface area contributed by atoms with E-state index in [4.69, 9.17) is 14.9 Å². The van der Waals surface area contributed by atoms with E-state index < -0.39 is 11.2 Å². The van der Waals surface area contributed by atoms with Gasteiger partial charge in [-0.3, -0.25) is 4.79 Å². The Kier molecular flexibility index (Phi) is 3.02. The summed E-state index contributed by atoms with van der Waals surface area (Å²) in [4.78, 5) is 12.2. The van der Waals surface area contributed by atoms with Crippen molar-refractivity contribution in [2.75, 3.05) is 12.8 Å². The molecule has 0 aliphatic rings. The molecule has 106 valence electrons. The Morgan fingerprint density at radius 2 is 2.00 bits per heavy atom. The second kappa shape index (κ2) is 4.86. The maximum atomic E-state index is 12.2. The highest BCUT2D eigenvalue weighted by molar-refractivity contribution is 5.84. The average Bonchev–Trinajstić information content (AvgIpc) is 2.51. The number of nitrogen functional groups attached to an aromatic ring is 1. The lowest BCUT2D eigenvalue weighted by atomic mass is 10.1. The van der Waals surface area contributed by atoms with Crippen LogP contribution in [0.25, 0.3) is 22.3 Å². The van der Waals surface area contributed by atoms with Gasteiger partial charge in [-0.15, -0.1) is 0 Å². The van der Waals surface area contributed by atoms with Crippen LogP contribution in [0, 0.1) is 0 Å². The van der Waals surface area contributed by atoms with Gasteiger partial charge in [0.15, 0.2) is 5.76 Å². The first kappa shape index (κ1) is 13.1. The lowest BCUT2D eigenvalue weighted by Gasteiger charge is -2.07. The van der Waals surface area contributed by atoms with Crippen molar-refractivity contribution >= 4 is 16.7 Å². The first-order valence-electron chi connectivity index (χ1n) is 6.30. The number of anilines is 1. The number of fused-ring (bicyclic) bond motifs is 1. The van der Waals surface area contributed by atoms with Crippen LogP contribution in [0.3, 0.4) is 0 Å². The van der Waals surface area contributed by atoms with Gasteiger partial charge in [0.2, 0.25) is 11.2 Å².